The van der Waals surface area contributed by atoms with Gasteiger partial charge in [0.05, 0.1) is 7.11 Å². The van der Waals surface area contributed by atoms with Crippen molar-refractivity contribution in [2.45, 2.75) is 0 Å². The van der Waals surface area contributed by atoms with E-state index in [1.54, 1.807) is 24.3 Å². The number of para-hydroxylation sites is 1. The Hall–Kier alpha value is -3.88. The van der Waals surface area contributed by atoms with Crippen LogP contribution in [-0.4, -0.2) is 50.6 Å². The van der Waals surface area contributed by atoms with E-state index in [0.717, 1.165) is 0 Å². The number of esters is 2. The van der Waals surface area contributed by atoms with Crippen LogP contribution in [0.15, 0.2) is 54.6 Å². The molecule has 2 aromatic rings. The smallest absolute Gasteiger partial charge is 0.325 e. The molecule has 9 heteroatoms. The SMILES string of the molecule is COC(=O)CNC(=O)COC(=O)CNC(=O)c1ccc(Oc2ccccc2)cc1. The molecule has 2 N–H and O–H groups in total. The first-order valence-corrected chi connectivity index (χ1v) is 8.58. The molecular formula is C20H20N2O7. The Labute approximate surface area is 166 Å². The third-order valence-corrected chi connectivity index (χ3v) is 3.51. The number of nitrogens with one attached hydrogen (secondary N) is 2. The van der Waals surface area contributed by atoms with Gasteiger partial charge in [0.15, 0.2) is 6.61 Å². The van der Waals surface area contributed by atoms with E-state index in [4.69, 9.17) is 9.47 Å². The fourth-order valence-electron chi connectivity index (χ4n) is 2.04. The summed E-state index contributed by atoms with van der Waals surface area (Å²) in [5.41, 5.74) is 0.328. The lowest BCUT2D eigenvalue weighted by atomic mass is 10.2. The minimum Gasteiger partial charge on any atom is -0.468 e. The second-order valence-corrected chi connectivity index (χ2v) is 5.64. The van der Waals surface area contributed by atoms with Crippen LogP contribution in [0.5, 0.6) is 11.5 Å². The highest BCUT2D eigenvalue weighted by Gasteiger charge is 2.12. The van der Waals surface area contributed by atoms with Crippen LogP contribution >= 0.6 is 0 Å². The molecule has 0 atom stereocenters. The molecule has 29 heavy (non-hydrogen) atoms. The fraction of sp³-hybridized carbons (Fsp3) is 0.200. The predicted octanol–water partition coefficient (Wildman–Crippen LogP) is 1.04. The van der Waals surface area contributed by atoms with Gasteiger partial charge in [0.2, 0.25) is 0 Å². The van der Waals surface area contributed by atoms with Gasteiger partial charge in [0, 0.05) is 5.56 Å². The van der Waals surface area contributed by atoms with E-state index in [1.807, 2.05) is 30.3 Å². The monoisotopic (exact) mass is 400 g/mol. The molecule has 0 aliphatic heterocycles. The first kappa shape index (κ1) is 21.4. The largest absolute Gasteiger partial charge is 0.468 e. The van der Waals surface area contributed by atoms with Gasteiger partial charge in [-0.05, 0) is 36.4 Å². The normalized spacial score (nSPS) is 9.83. The highest BCUT2D eigenvalue weighted by Crippen LogP contribution is 2.21. The van der Waals surface area contributed by atoms with Gasteiger partial charge in [-0.25, -0.2) is 0 Å². The van der Waals surface area contributed by atoms with Crippen molar-refractivity contribution in [2.24, 2.45) is 0 Å². The third-order valence-electron chi connectivity index (χ3n) is 3.51. The third kappa shape index (κ3) is 7.71. The zero-order valence-electron chi connectivity index (χ0n) is 15.7. The van der Waals surface area contributed by atoms with Gasteiger partial charge in [-0.3, -0.25) is 19.2 Å². The van der Waals surface area contributed by atoms with Crippen LogP contribution in [0.1, 0.15) is 10.4 Å². The van der Waals surface area contributed by atoms with Gasteiger partial charge in [-0.15, -0.1) is 0 Å². The maximum atomic E-state index is 12.1. The molecule has 0 aliphatic rings. The summed E-state index contributed by atoms with van der Waals surface area (Å²) in [5, 5.41) is 4.60. The predicted molar refractivity (Wildman–Crippen MR) is 101 cm³/mol. The first-order chi connectivity index (χ1) is 14.0. The van der Waals surface area contributed by atoms with Crippen LogP contribution < -0.4 is 15.4 Å². The first-order valence-electron chi connectivity index (χ1n) is 8.58. The van der Waals surface area contributed by atoms with Crippen LogP contribution in [0.3, 0.4) is 0 Å². The van der Waals surface area contributed by atoms with Crippen LogP contribution in [0, 0.1) is 0 Å². The molecule has 9 nitrogen and oxygen atoms in total. The Kier molecular flexibility index (Phi) is 8.18. The molecule has 0 radical (unpaired) electrons. The Morgan fingerprint density at radius 1 is 0.793 bits per heavy atom. The summed E-state index contributed by atoms with van der Waals surface area (Å²) >= 11 is 0. The standard InChI is InChI=1S/C20H20N2O7/c1-27-18(24)11-21-17(23)13-28-19(25)12-22-20(26)14-7-9-16(10-8-14)29-15-5-3-2-4-6-15/h2-10H,11-13H2,1H3,(H,21,23)(H,22,26). The zero-order chi connectivity index (χ0) is 21.1. The van der Waals surface area contributed by atoms with Gasteiger partial charge >= 0.3 is 11.9 Å². The van der Waals surface area contributed by atoms with Crippen molar-refractivity contribution in [1.29, 1.82) is 0 Å². The van der Waals surface area contributed by atoms with Gasteiger partial charge in [0.1, 0.15) is 24.6 Å². The second-order valence-electron chi connectivity index (χ2n) is 5.64. The van der Waals surface area contributed by atoms with Gasteiger partial charge < -0.3 is 24.8 Å². The molecule has 0 spiro atoms. The van der Waals surface area contributed by atoms with Crippen molar-refractivity contribution in [3.63, 3.8) is 0 Å². The Morgan fingerprint density at radius 2 is 1.41 bits per heavy atom. The summed E-state index contributed by atoms with van der Waals surface area (Å²) in [6.45, 7) is -1.31. The molecule has 0 unspecified atom stereocenters. The maximum Gasteiger partial charge on any atom is 0.325 e. The van der Waals surface area contributed by atoms with E-state index in [0.29, 0.717) is 17.1 Å². The molecule has 0 bridgehead atoms. The van der Waals surface area contributed by atoms with Gasteiger partial charge in [0.25, 0.3) is 11.8 Å². The van der Waals surface area contributed by atoms with Crippen molar-refractivity contribution in [3.05, 3.63) is 60.2 Å². The van der Waals surface area contributed by atoms with Crippen LogP contribution in [0.4, 0.5) is 0 Å². The average Bonchev–Trinajstić information content (AvgIpc) is 2.75. The van der Waals surface area contributed by atoms with Crippen molar-refractivity contribution in [2.75, 3.05) is 26.8 Å². The van der Waals surface area contributed by atoms with E-state index in [-0.39, 0.29) is 6.54 Å². The minimum absolute atomic E-state index is 0.326. The molecule has 0 saturated carbocycles. The highest BCUT2D eigenvalue weighted by atomic mass is 16.5. The number of hydrogen-bond donors (Lipinski definition) is 2. The second kappa shape index (κ2) is 11.1. The van der Waals surface area contributed by atoms with Crippen LogP contribution in [0.25, 0.3) is 0 Å². The Morgan fingerprint density at radius 3 is 2.07 bits per heavy atom. The summed E-state index contributed by atoms with van der Waals surface area (Å²) in [5.74, 6) is -1.34. The van der Waals surface area contributed by atoms with E-state index >= 15 is 0 Å². The summed E-state index contributed by atoms with van der Waals surface area (Å²) in [4.78, 5) is 46.0. The molecule has 152 valence electrons. The molecule has 0 aliphatic carbocycles. The Balaban J connectivity index is 1.72. The summed E-state index contributed by atoms with van der Waals surface area (Å²) < 4.78 is 14.7. The number of ether oxygens (including phenoxy) is 3. The van der Waals surface area contributed by atoms with Crippen molar-refractivity contribution in [3.8, 4) is 11.5 Å². The van der Waals surface area contributed by atoms with E-state index in [2.05, 4.69) is 15.4 Å². The molecular weight excluding hydrogens is 380 g/mol. The maximum absolute atomic E-state index is 12.1. The highest BCUT2D eigenvalue weighted by molar-refractivity contribution is 5.96. The van der Waals surface area contributed by atoms with E-state index in [1.165, 1.54) is 7.11 Å². The van der Waals surface area contributed by atoms with Crippen molar-refractivity contribution >= 4 is 23.8 Å². The molecule has 2 rings (SSSR count). The molecule has 0 fully saturated rings. The number of carbonyl (C=O) groups excluding carboxylic acids is 4. The van der Waals surface area contributed by atoms with E-state index < -0.39 is 36.9 Å². The number of rotatable bonds is 9. The molecule has 0 saturated heterocycles. The van der Waals surface area contributed by atoms with Crippen molar-refractivity contribution < 1.29 is 33.4 Å². The van der Waals surface area contributed by atoms with Crippen molar-refractivity contribution in [1.82, 2.24) is 10.6 Å². The summed E-state index contributed by atoms with van der Waals surface area (Å²) in [6.07, 6.45) is 0. The van der Waals surface area contributed by atoms with Crippen LogP contribution in [0.2, 0.25) is 0 Å². The molecule has 2 aromatic carbocycles. The molecule has 2 amide bonds. The van der Waals surface area contributed by atoms with Gasteiger partial charge in [-0.2, -0.15) is 0 Å². The number of amides is 2. The lowest BCUT2D eigenvalue weighted by Crippen LogP contribution is -2.36. The molecule has 0 aromatic heterocycles. The van der Waals surface area contributed by atoms with Gasteiger partial charge in [-0.1, -0.05) is 18.2 Å². The number of benzene rings is 2. The topological polar surface area (TPSA) is 120 Å². The lowest BCUT2D eigenvalue weighted by molar-refractivity contribution is -0.148. The number of carbonyl (C=O) groups is 4. The summed E-state index contributed by atoms with van der Waals surface area (Å²) in [7, 11) is 1.18. The average molecular weight is 400 g/mol. The zero-order valence-corrected chi connectivity index (χ0v) is 15.7. The molecule has 0 heterocycles. The van der Waals surface area contributed by atoms with Crippen LogP contribution in [-0.2, 0) is 23.9 Å². The summed E-state index contributed by atoms with van der Waals surface area (Å²) in [6, 6.07) is 15.6. The Bertz CT molecular complexity index is 851. The lowest BCUT2D eigenvalue weighted by Gasteiger charge is -2.08. The fourth-order valence-corrected chi connectivity index (χ4v) is 2.04. The number of methoxy groups -OCH3 is 1. The minimum atomic E-state index is -0.796. The van der Waals surface area contributed by atoms with E-state index in [9.17, 15) is 19.2 Å². The number of hydrogen-bond acceptors (Lipinski definition) is 7. The quantitative estimate of drug-likeness (QED) is 0.604.